The molecule has 6 heteroatoms. The standard InChI is InChI=1S/C19H24FN3O2/c1-13(10-14-6-5-7-15(20)11-14)22-16-8-9-17(21-12-16)23-18(24)25-19(2,3)4/h5-9,11-13,22H,10H2,1-4H3,(H,21,23,24). The van der Waals surface area contributed by atoms with Gasteiger partial charge in [-0.1, -0.05) is 12.1 Å². The Morgan fingerprint density at radius 3 is 2.64 bits per heavy atom. The molecule has 0 saturated heterocycles. The highest BCUT2D eigenvalue weighted by Crippen LogP contribution is 2.15. The Kier molecular flexibility index (Phi) is 5.96. The molecule has 134 valence electrons. The molecular weight excluding hydrogens is 321 g/mol. The Balaban J connectivity index is 1.88. The molecule has 2 aromatic rings. The van der Waals surface area contributed by atoms with Crippen LogP contribution >= 0.6 is 0 Å². The van der Waals surface area contributed by atoms with Crippen molar-refractivity contribution >= 4 is 17.6 Å². The zero-order chi connectivity index (χ0) is 18.4. The fourth-order valence-electron chi connectivity index (χ4n) is 2.31. The first-order valence-electron chi connectivity index (χ1n) is 8.18. The van der Waals surface area contributed by atoms with Gasteiger partial charge in [-0.2, -0.15) is 0 Å². The predicted octanol–water partition coefficient (Wildman–Crippen LogP) is 4.61. The van der Waals surface area contributed by atoms with Crippen LogP contribution in [0.5, 0.6) is 0 Å². The van der Waals surface area contributed by atoms with Crippen LogP contribution < -0.4 is 10.6 Å². The quantitative estimate of drug-likeness (QED) is 0.830. The zero-order valence-electron chi connectivity index (χ0n) is 15.0. The molecule has 1 aromatic heterocycles. The summed E-state index contributed by atoms with van der Waals surface area (Å²) in [4.78, 5) is 15.9. The molecule has 0 aliphatic carbocycles. The van der Waals surface area contributed by atoms with E-state index < -0.39 is 11.7 Å². The number of pyridine rings is 1. The molecule has 1 atom stereocenters. The lowest BCUT2D eigenvalue weighted by atomic mass is 10.1. The van der Waals surface area contributed by atoms with Gasteiger partial charge in [0.15, 0.2) is 0 Å². The molecule has 5 nitrogen and oxygen atoms in total. The third-order valence-corrected chi connectivity index (χ3v) is 3.24. The summed E-state index contributed by atoms with van der Waals surface area (Å²) in [6.45, 7) is 7.41. The van der Waals surface area contributed by atoms with E-state index in [4.69, 9.17) is 4.74 Å². The molecule has 0 saturated carbocycles. The monoisotopic (exact) mass is 345 g/mol. The highest BCUT2D eigenvalue weighted by molar-refractivity contribution is 5.83. The second-order valence-corrected chi connectivity index (χ2v) is 6.94. The smallest absolute Gasteiger partial charge is 0.413 e. The van der Waals surface area contributed by atoms with Gasteiger partial charge in [0, 0.05) is 6.04 Å². The Morgan fingerprint density at radius 2 is 2.04 bits per heavy atom. The van der Waals surface area contributed by atoms with Gasteiger partial charge in [0.25, 0.3) is 0 Å². The number of benzene rings is 1. The Hall–Kier alpha value is -2.63. The summed E-state index contributed by atoms with van der Waals surface area (Å²) in [6, 6.07) is 10.2. The van der Waals surface area contributed by atoms with Gasteiger partial charge in [0.1, 0.15) is 17.2 Å². The van der Waals surface area contributed by atoms with Crippen LogP contribution in [-0.2, 0) is 11.2 Å². The molecule has 2 N–H and O–H groups in total. The first-order valence-corrected chi connectivity index (χ1v) is 8.18. The Bertz CT molecular complexity index is 711. The normalized spacial score (nSPS) is 12.4. The average molecular weight is 345 g/mol. The number of carbonyl (C=O) groups excluding carboxylic acids is 1. The number of amides is 1. The topological polar surface area (TPSA) is 63.2 Å². The van der Waals surface area contributed by atoms with Crippen molar-refractivity contribution in [1.82, 2.24) is 4.98 Å². The van der Waals surface area contributed by atoms with Crippen LogP contribution in [0.4, 0.5) is 20.7 Å². The summed E-state index contributed by atoms with van der Waals surface area (Å²) in [6.07, 6.45) is 1.78. The molecule has 2 rings (SSSR count). The first kappa shape index (κ1) is 18.7. The molecule has 1 heterocycles. The number of halogens is 1. The molecule has 0 fully saturated rings. The number of anilines is 2. The lowest BCUT2D eigenvalue weighted by molar-refractivity contribution is 0.0635. The molecular formula is C19H24FN3O2. The minimum Gasteiger partial charge on any atom is -0.444 e. The molecule has 0 bridgehead atoms. The SMILES string of the molecule is CC(Cc1cccc(F)c1)Nc1ccc(NC(=O)OC(C)(C)C)nc1. The van der Waals surface area contributed by atoms with Gasteiger partial charge in [-0.05, 0) is 63.9 Å². The molecule has 0 spiro atoms. The van der Waals surface area contributed by atoms with Crippen molar-refractivity contribution in [2.45, 2.75) is 45.8 Å². The van der Waals surface area contributed by atoms with Crippen LogP contribution in [0.25, 0.3) is 0 Å². The van der Waals surface area contributed by atoms with E-state index >= 15 is 0 Å². The number of nitrogens with one attached hydrogen (secondary N) is 2. The summed E-state index contributed by atoms with van der Waals surface area (Å²) in [5.41, 5.74) is 1.19. The van der Waals surface area contributed by atoms with Gasteiger partial charge in [-0.25, -0.2) is 14.2 Å². The summed E-state index contributed by atoms with van der Waals surface area (Å²) < 4.78 is 18.4. The maximum atomic E-state index is 13.2. The van der Waals surface area contributed by atoms with Crippen molar-refractivity contribution in [3.63, 3.8) is 0 Å². The first-order chi connectivity index (χ1) is 11.7. The lowest BCUT2D eigenvalue weighted by Crippen LogP contribution is -2.27. The van der Waals surface area contributed by atoms with Crippen molar-refractivity contribution in [3.05, 3.63) is 54.0 Å². The van der Waals surface area contributed by atoms with E-state index in [9.17, 15) is 9.18 Å². The minimum atomic E-state index is -0.558. The van der Waals surface area contributed by atoms with Gasteiger partial charge in [0.2, 0.25) is 0 Å². The van der Waals surface area contributed by atoms with E-state index in [0.29, 0.717) is 12.2 Å². The summed E-state index contributed by atoms with van der Waals surface area (Å²) in [7, 11) is 0. The molecule has 1 unspecified atom stereocenters. The highest BCUT2D eigenvalue weighted by atomic mass is 19.1. The van der Waals surface area contributed by atoms with Crippen molar-refractivity contribution in [3.8, 4) is 0 Å². The van der Waals surface area contributed by atoms with Crippen molar-refractivity contribution in [2.75, 3.05) is 10.6 Å². The van der Waals surface area contributed by atoms with Gasteiger partial charge < -0.3 is 10.1 Å². The van der Waals surface area contributed by atoms with Gasteiger partial charge in [-0.15, -0.1) is 0 Å². The number of hydrogen-bond donors (Lipinski definition) is 2. The van der Waals surface area contributed by atoms with Crippen LogP contribution in [0.1, 0.15) is 33.3 Å². The van der Waals surface area contributed by atoms with Gasteiger partial charge >= 0.3 is 6.09 Å². The number of nitrogens with zero attached hydrogens (tertiary/aromatic N) is 1. The van der Waals surface area contributed by atoms with Gasteiger partial charge in [-0.3, -0.25) is 5.32 Å². The number of aromatic nitrogens is 1. The van der Waals surface area contributed by atoms with E-state index in [1.165, 1.54) is 12.1 Å². The van der Waals surface area contributed by atoms with Crippen molar-refractivity contribution in [2.24, 2.45) is 0 Å². The zero-order valence-corrected chi connectivity index (χ0v) is 15.0. The average Bonchev–Trinajstić information content (AvgIpc) is 2.47. The Morgan fingerprint density at radius 1 is 1.28 bits per heavy atom. The third-order valence-electron chi connectivity index (χ3n) is 3.24. The maximum absolute atomic E-state index is 13.2. The van der Waals surface area contributed by atoms with E-state index in [1.54, 1.807) is 39.1 Å². The van der Waals surface area contributed by atoms with Crippen LogP contribution in [0.2, 0.25) is 0 Å². The van der Waals surface area contributed by atoms with Crippen molar-refractivity contribution in [1.29, 1.82) is 0 Å². The number of ether oxygens (including phenoxy) is 1. The summed E-state index contributed by atoms with van der Waals surface area (Å²) in [5.74, 6) is 0.182. The minimum absolute atomic E-state index is 0.105. The third kappa shape index (κ3) is 6.79. The van der Waals surface area contributed by atoms with Gasteiger partial charge in [0.05, 0.1) is 11.9 Å². The van der Waals surface area contributed by atoms with E-state index in [1.807, 2.05) is 19.1 Å². The Labute approximate surface area is 147 Å². The highest BCUT2D eigenvalue weighted by Gasteiger charge is 2.16. The largest absolute Gasteiger partial charge is 0.444 e. The van der Waals surface area contributed by atoms with Crippen LogP contribution in [0.15, 0.2) is 42.6 Å². The summed E-state index contributed by atoms with van der Waals surface area (Å²) >= 11 is 0. The van der Waals surface area contributed by atoms with Crippen LogP contribution in [0, 0.1) is 5.82 Å². The molecule has 1 amide bonds. The lowest BCUT2D eigenvalue weighted by Gasteiger charge is -2.19. The van der Waals surface area contributed by atoms with E-state index in [2.05, 4.69) is 15.6 Å². The van der Waals surface area contributed by atoms with E-state index in [0.717, 1.165) is 11.3 Å². The molecule has 1 aromatic carbocycles. The van der Waals surface area contributed by atoms with Crippen LogP contribution in [0.3, 0.4) is 0 Å². The number of hydrogen-bond acceptors (Lipinski definition) is 4. The number of rotatable bonds is 5. The van der Waals surface area contributed by atoms with E-state index in [-0.39, 0.29) is 11.9 Å². The maximum Gasteiger partial charge on any atom is 0.413 e. The second-order valence-electron chi connectivity index (χ2n) is 6.94. The molecule has 0 aliphatic rings. The summed E-state index contributed by atoms with van der Waals surface area (Å²) in [5, 5.41) is 5.88. The molecule has 25 heavy (non-hydrogen) atoms. The van der Waals surface area contributed by atoms with Crippen LogP contribution in [-0.4, -0.2) is 22.7 Å². The predicted molar refractivity (Wildman–Crippen MR) is 97.3 cm³/mol. The second kappa shape index (κ2) is 7.96. The molecule has 0 radical (unpaired) electrons. The fraction of sp³-hybridized carbons (Fsp3) is 0.368. The van der Waals surface area contributed by atoms with Crippen molar-refractivity contribution < 1.29 is 13.9 Å². The molecule has 0 aliphatic heterocycles. The fourth-order valence-corrected chi connectivity index (χ4v) is 2.31. The number of carbonyl (C=O) groups is 1.